The van der Waals surface area contributed by atoms with E-state index in [1.807, 2.05) is 0 Å². The molecule has 0 saturated carbocycles. The maximum Gasteiger partial charge on any atom is 0.261 e. The van der Waals surface area contributed by atoms with Gasteiger partial charge in [-0.25, -0.2) is 12.8 Å². The molecule has 158 valence electrons. The second-order valence-corrected chi connectivity index (χ2v) is 10.1. The number of likely N-dealkylation sites (tertiary alicyclic amines) is 1. The van der Waals surface area contributed by atoms with Crippen LogP contribution in [0, 0.1) is 5.82 Å². The van der Waals surface area contributed by atoms with Gasteiger partial charge in [-0.15, -0.1) is 11.8 Å². The fourth-order valence-electron chi connectivity index (χ4n) is 3.30. The Morgan fingerprint density at radius 3 is 2.63 bits per heavy atom. The molecule has 7 nitrogen and oxygen atoms in total. The maximum atomic E-state index is 13.3. The van der Waals surface area contributed by atoms with Gasteiger partial charge in [0.15, 0.2) is 5.25 Å². The van der Waals surface area contributed by atoms with Crippen LogP contribution in [0.4, 0.5) is 15.8 Å². The molecule has 2 aliphatic heterocycles. The van der Waals surface area contributed by atoms with E-state index in [9.17, 15) is 22.4 Å². The molecule has 2 aromatic carbocycles. The number of thioether (sulfide) groups is 1. The van der Waals surface area contributed by atoms with Crippen LogP contribution in [0.3, 0.4) is 0 Å². The molecule has 2 heterocycles. The van der Waals surface area contributed by atoms with Crippen LogP contribution in [0.15, 0.2) is 46.2 Å². The Morgan fingerprint density at radius 2 is 1.93 bits per heavy atom. The zero-order chi connectivity index (χ0) is 21.5. The predicted molar refractivity (Wildman–Crippen MR) is 113 cm³/mol. The number of hydrogen-bond donors (Lipinski definition) is 2. The van der Waals surface area contributed by atoms with Crippen molar-refractivity contribution in [2.45, 2.75) is 27.9 Å². The van der Waals surface area contributed by atoms with Gasteiger partial charge in [-0.1, -0.05) is 11.6 Å². The van der Waals surface area contributed by atoms with E-state index in [0.717, 1.165) is 30.7 Å². The highest BCUT2D eigenvalue weighted by Gasteiger charge is 2.37. The van der Waals surface area contributed by atoms with Crippen LogP contribution in [0.1, 0.15) is 12.8 Å². The van der Waals surface area contributed by atoms with Crippen molar-refractivity contribution in [2.75, 3.05) is 23.1 Å². The van der Waals surface area contributed by atoms with Gasteiger partial charge in [0.1, 0.15) is 5.82 Å². The van der Waals surface area contributed by atoms with Crippen LogP contribution in [0.5, 0.6) is 0 Å². The minimum atomic E-state index is -4.00. The number of hydrogen-bond acceptors (Lipinski definition) is 5. The molecule has 1 fully saturated rings. The number of carbonyl (C=O) groups is 2. The van der Waals surface area contributed by atoms with Gasteiger partial charge in [0.05, 0.1) is 21.3 Å². The Labute approximate surface area is 182 Å². The third kappa shape index (κ3) is 4.12. The summed E-state index contributed by atoms with van der Waals surface area (Å²) < 4.78 is 41.0. The summed E-state index contributed by atoms with van der Waals surface area (Å²) in [6, 6.07) is 7.73. The van der Waals surface area contributed by atoms with E-state index in [0.29, 0.717) is 23.7 Å². The first-order chi connectivity index (χ1) is 14.2. The number of amides is 2. The van der Waals surface area contributed by atoms with Crippen LogP contribution in [0.25, 0.3) is 0 Å². The van der Waals surface area contributed by atoms with Gasteiger partial charge in [0.2, 0.25) is 11.8 Å². The highest BCUT2D eigenvalue weighted by Crippen LogP contribution is 2.38. The average Bonchev–Trinajstić information content (AvgIpc) is 3.24. The summed E-state index contributed by atoms with van der Waals surface area (Å²) >= 11 is 6.80. The summed E-state index contributed by atoms with van der Waals surface area (Å²) in [6.07, 6.45) is 1.85. The molecule has 0 unspecified atom stereocenters. The summed E-state index contributed by atoms with van der Waals surface area (Å²) in [6.45, 7) is 1.29. The summed E-state index contributed by atoms with van der Waals surface area (Å²) in [5.74, 6) is -1.37. The zero-order valence-corrected chi connectivity index (χ0v) is 17.9. The van der Waals surface area contributed by atoms with E-state index in [-0.39, 0.29) is 21.5 Å². The molecule has 0 radical (unpaired) electrons. The van der Waals surface area contributed by atoms with Crippen LogP contribution in [-0.2, 0) is 19.6 Å². The lowest BCUT2D eigenvalue weighted by molar-refractivity contribution is -0.133. The normalized spacial score (nSPS) is 18.7. The Bertz CT molecular complexity index is 1140. The molecule has 2 amide bonds. The number of nitrogens with one attached hydrogen (secondary N) is 2. The minimum absolute atomic E-state index is 0.0908. The standard InChI is InChI=1S/C19H17ClFN3O4S2/c20-13-9-11(3-5-14(13)21)23-30(27,28)12-4-6-16-15(10-12)22-18(25)17(29-16)19(26)24-7-1-2-8-24/h3-6,9-10,17,23H,1-2,7-8H2,(H,22,25)/t17-/m1/s1. The summed E-state index contributed by atoms with van der Waals surface area (Å²) in [7, 11) is -4.00. The molecule has 0 spiro atoms. The van der Waals surface area contributed by atoms with Crippen LogP contribution < -0.4 is 10.0 Å². The molecule has 30 heavy (non-hydrogen) atoms. The van der Waals surface area contributed by atoms with Gasteiger partial charge in [-0.05, 0) is 49.2 Å². The highest BCUT2D eigenvalue weighted by molar-refractivity contribution is 8.01. The number of sulfonamides is 1. The summed E-state index contributed by atoms with van der Waals surface area (Å²) in [5, 5.41) is 1.54. The second kappa shape index (κ2) is 8.09. The molecule has 2 aliphatic rings. The van der Waals surface area contributed by atoms with Gasteiger partial charge >= 0.3 is 0 Å². The fraction of sp³-hybridized carbons (Fsp3) is 0.263. The minimum Gasteiger partial charge on any atom is -0.341 e. The van der Waals surface area contributed by atoms with E-state index in [4.69, 9.17) is 11.6 Å². The van der Waals surface area contributed by atoms with Gasteiger partial charge in [-0.2, -0.15) is 0 Å². The van der Waals surface area contributed by atoms with Gasteiger partial charge in [0, 0.05) is 18.0 Å². The smallest absolute Gasteiger partial charge is 0.261 e. The van der Waals surface area contributed by atoms with Crippen molar-refractivity contribution in [3.63, 3.8) is 0 Å². The van der Waals surface area contributed by atoms with E-state index in [2.05, 4.69) is 10.0 Å². The third-order valence-electron chi connectivity index (χ3n) is 4.82. The second-order valence-electron chi connectivity index (χ2n) is 6.91. The molecular formula is C19H17ClFN3O4S2. The summed E-state index contributed by atoms with van der Waals surface area (Å²) in [5.41, 5.74) is 0.421. The van der Waals surface area contributed by atoms with Gasteiger partial charge in [-0.3, -0.25) is 14.3 Å². The lowest BCUT2D eigenvalue weighted by atomic mass is 10.2. The van der Waals surface area contributed by atoms with Crippen molar-refractivity contribution in [3.8, 4) is 0 Å². The van der Waals surface area contributed by atoms with E-state index in [1.54, 1.807) is 11.0 Å². The van der Waals surface area contributed by atoms with Crippen molar-refractivity contribution in [1.82, 2.24) is 4.90 Å². The van der Waals surface area contributed by atoms with E-state index < -0.39 is 27.0 Å². The number of anilines is 2. The molecule has 0 aliphatic carbocycles. The van der Waals surface area contributed by atoms with Crippen LogP contribution >= 0.6 is 23.4 Å². The molecule has 11 heteroatoms. The predicted octanol–water partition coefficient (Wildman–Crippen LogP) is 3.32. The molecule has 2 N–H and O–H groups in total. The van der Waals surface area contributed by atoms with Crippen molar-refractivity contribution in [2.24, 2.45) is 0 Å². The first kappa shape index (κ1) is 21.0. The van der Waals surface area contributed by atoms with Crippen molar-refractivity contribution in [3.05, 3.63) is 47.2 Å². The zero-order valence-electron chi connectivity index (χ0n) is 15.5. The van der Waals surface area contributed by atoms with Crippen molar-refractivity contribution < 1.29 is 22.4 Å². The lowest BCUT2D eigenvalue weighted by Gasteiger charge is -2.27. The lowest BCUT2D eigenvalue weighted by Crippen LogP contribution is -2.43. The van der Waals surface area contributed by atoms with Crippen LogP contribution in [-0.4, -0.2) is 43.5 Å². The third-order valence-corrected chi connectivity index (χ3v) is 7.75. The van der Waals surface area contributed by atoms with Gasteiger partial charge < -0.3 is 10.2 Å². The number of carbonyl (C=O) groups excluding carboxylic acids is 2. The molecule has 0 bridgehead atoms. The Morgan fingerprint density at radius 1 is 1.20 bits per heavy atom. The fourth-order valence-corrected chi connectivity index (χ4v) is 5.60. The number of fused-ring (bicyclic) bond motifs is 1. The Balaban J connectivity index is 1.55. The topological polar surface area (TPSA) is 95.6 Å². The molecular weight excluding hydrogens is 453 g/mol. The van der Waals surface area contributed by atoms with Gasteiger partial charge in [0.25, 0.3) is 10.0 Å². The molecule has 0 aromatic heterocycles. The highest BCUT2D eigenvalue weighted by atomic mass is 35.5. The summed E-state index contributed by atoms with van der Waals surface area (Å²) in [4.78, 5) is 27.3. The number of halogens is 2. The average molecular weight is 470 g/mol. The van der Waals surface area contributed by atoms with Crippen molar-refractivity contribution >= 4 is 56.6 Å². The SMILES string of the molecule is O=C1Nc2cc(S(=O)(=O)Nc3ccc(F)c(Cl)c3)ccc2S[C@H]1C(=O)N1CCCC1. The number of rotatable bonds is 4. The Kier molecular flexibility index (Phi) is 5.65. The molecule has 1 atom stereocenters. The first-order valence-electron chi connectivity index (χ1n) is 9.13. The molecule has 1 saturated heterocycles. The largest absolute Gasteiger partial charge is 0.341 e. The Hall–Kier alpha value is -2.30. The maximum absolute atomic E-state index is 13.3. The number of nitrogens with zero attached hydrogens (tertiary/aromatic N) is 1. The monoisotopic (exact) mass is 469 g/mol. The van der Waals surface area contributed by atoms with E-state index >= 15 is 0 Å². The van der Waals surface area contributed by atoms with Crippen molar-refractivity contribution in [1.29, 1.82) is 0 Å². The van der Waals surface area contributed by atoms with E-state index in [1.165, 1.54) is 24.3 Å². The van der Waals surface area contributed by atoms with Crippen LogP contribution in [0.2, 0.25) is 5.02 Å². The quantitative estimate of drug-likeness (QED) is 0.670. The number of benzene rings is 2. The molecule has 2 aromatic rings. The first-order valence-corrected chi connectivity index (χ1v) is 11.9. The molecule has 4 rings (SSSR count).